The maximum Gasteiger partial charge on any atom is 0.202 e. The fraction of sp³-hybridized carbons (Fsp3) is 0.667. The van der Waals surface area contributed by atoms with E-state index in [9.17, 15) is 20.1 Å². The third kappa shape index (κ3) is 1.57. The van der Waals surface area contributed by atoms with Gasteiger partial charge in [-0.2, -0.15) is 0 Å². The van der Waals surface area contributed by atoms with Gasteiger partial charge in [-0.3, -0.25) is 4.79 Å². The van der Waals surface area contributed by atoms with Crippen molar-refractivity contribution in [2.45, 2.75) is 45.5 Å². The molecule has 0 saturated heterocycles. The van der Waals surface area contributed by atoms with Gasteiger partial charge in [-0.05, 0) is 18.8 Å². The molecule has 1 fully saturated rings. The Kier molecular flexibility index (Phi) is 3.04. The summed E-state index contributed by atoms with van der Waals surface area (Å²) in [5.41, 5.74) is 0.273. The SMILES string of the molecule is C[C@H]1C[C@@H](O)C[C@H]2C(=O)c3occ(CO)c3[C@@H](O)[C@]12C. The summed E-state index contributed by atoms with van der Waals surface area (Å²) in [7, 11) is 0. The van der Waals surface area contributed by atoms with Crippen molar-refractivity contribution in [3.05, 3.63) is 23.2 Å². The molecule has 2 aliphatic rings. The van der Waals surface area contributed by atoms with E-state index < -0.39 is 23.5 Å². The number of carbonyl (C=O) groups is 1. The van der Waals surface area contributed by atoms with Crippen molar-refractivity contribution in [2.24, 2.45) is 17.3 Å². The first-order valence-electron chi connectivity index (χ1n) is 7.02. The molecule has 3 rings (SSSR count). The number of hydrogen-bond donors (Lipinski definition) is 3. The van der Waals surface area contributed by atoms with Crippen molar-refractivity contribution >= 4 is 5.78 Å². The first kappa shape index (κ1) is 13.8. The highest BCUT2D eigenvalue weighted by molar-refractivity contribution is 5.99. The second-order valence-electron chi connectivity index (χ2n) is 6.37. The van der Waals surface area contributed by atoms with Crippen molar-refractivity contribution in [3.8, 4) is 0 Å². The topological polar surface area (TPSA) is 90.9 Å². The summed E-state index contributed by atoms with van der Waals surface area (Å²) in [6.45, 7) is 3.59. The van der Waals surface area contributed by atoms with Gasteiger partial charge in [0.15, 0.2) is 5.76 Å². The third-order valence-electron chi connectivity index (χ3n) is 5.43. The minimum absolute atomic E-state index is 0.00444. The van der Waals surface area contributed by atoms with Crippen molar-refractivity contribution < 1.29 is 24.5 Å². The highest BCUT2D eigenvalue weighted by atomic mass is 16.3. The lowest BCUT2D eigenvalue weighted by atomic mass is 9.53. The minimum atomic E-state index is -0.858. The maximum atomic E-state index is 12.6. The van der Waals surface area contributed by atoms with Crippen LogP contribution in [-0.4, -0.2) is 27.2 Å². The summed E-state index contributed by atoms with van der Waals surface area (Å²) in [5, 5.41) is 30.1. The van der Waals surface area contributed by atoms with Gasteiger partial charge in [0.25, 0.3) is 0 Å². The molecule has 0 unspecified atom stereocenters. The van der Waals surface area contributed by atoms with Crippen molar-refractivity contribution in [3.63, 3.8) is 0 Å². The molecule has 1 aromatic heterocycles. The van der Waals surface area contributed by atoms with Crippen molar-refractivity contribution in [2.75, 3.05) is 0 Å². The number of hydrogen-bond acceptors (Lipinski definition) is 5. The molecule has 0 aromatic carbocycles. The van der Waals surface area contributed by atoms with Gasteiger partial charge in [0.2, 0.25) is 5.78 Å². The lowest BCUT2D eigenvalue weighted by molar-refractivity contribution is -0.0976. The van der Waals surface area contributed by atoms with E-state index >= 15 is 0 Å². The van der Waals surface area contributed by atoms with Crippen LogP contribution in [0.25, 0.3) is 0 Å². The number of rotatable bonds is 1. The van der Waals surface area contributed by atoms with E-state index in [0.717, 1.165) is 0 Å². The fourth-order valence-corrected chi connectivity index (χ4v) is 3.96. The fourth-order valence-electron chi connectivity index (χ4n) is 3.96. The van der Waals surface area contributed by atoms with Crippen molar-refractivity contribution in [1.82, 2.24) is 0 Å². The predicted octanol–water partition coefficient (Wildman–Crippen LogP) is 1.41. The van der Waals surface area contributed by atoms with Crippen LogP contribution < -0.4 is 0 Å². The van der Waals surface area contributed by atoms with Crippen LogP contribution in [0.4, 0.5) is 0 Å². The highest BCUT2D eigenvalue weighted by Gasteiger charge is 2.57. The molecular weight excluding hydrogens is 260 g/mol. The normalized spacial score (nSPS) is 40.4. The van der Waals surface area contributed by atoms with Gasteiger partial charge in [-0.25, -0.2) is 0 Å². The zero-order valence-electron chi connectivity index (χ0n) is 11.7. The number of furan rings is 1. The third-order valence-corrected chi connectivity index (χ3v) is 5.43. The number of aliphatic hydroxyl groups is 3. The molecule has 1 saturated carbocycles. The average molecular weight is 280 g/mol. The van der Waals surface area contributed by atoms with E-state index in [2.05, 4.69) is 0 Å². The van der Waals surface area contributed by atoms with E-state index in [1.165, 1.54) is 6.26 Å². The van der Waals surface area contributed by atoms with Gasteiger partial charge < -0.3 is 19.7 Å². The molecule has 0 amide bonds. The monoisotopic (exact) mass is 280 g/mol. The highest BCUT2D eigenvalue weighted by Crippen LogP contribution is 2.57. The van der Waals surface area contributed by atoms with E-state index in [-0.39, 0.29) is 24.1 Å². The van der Waals surface area contributed by atoms with Crippen LogP contribution in [0.15, 0.2) is 10.7 Å². The Morgan fingerprint density at radius 3 is 2.75 bits per heavy atom. The van der Waals surface area contributed by atoms with Crippen LogP contribution in [0.1, 0.15) is 54.5 Å². The van der Waals surface area contributed by atoms with Crippen LogP contribution in [0.3, 0.4) is 0 Å². The Morgan fingerprint density at radius 1 is 1.40 bits per heavy atom. The summed E-state index contributed by atoms with van der Waals surface area (Å²) in [5.74, 6) is -0.463. The molecular formula is C15H20O5. The molecule has 3 N–H and O–H groups in total. The summed E-state index contributed by atoms with van der Waals surface area (Å²) in [6.07, 6.45) is 0.884. The molecule has 1 aromatic rings. The zero-order chi connectivity index (χ0) is 14.7. The van der Waals surface area contributed by atoms with Crippen LogP contribution in [-0.2, 0) is 6.61 Å². The Hall–Kier alpha value is -1.17. The number of ketones is 1. The smallest absolute Gasteiger partial charge is 0.202 e. The molecule has 5 heteroatoms. The molecule has 2 aliphatic carbocycles. The summed E-state index contributed by atoms with van der Waals surface area (Å²) < 4.78 is 5.27. The van der Waals surface area contributed by atoms with E-state index in [1.807, 2.05) is 13.8 Å². The molecule has 0 bridgehead atoms. The van der Waals surface area contributed by atoms with E-state index in [4.69, 9.17) is 4.42 Å². The number of carbonyl (C=O) groups excluding carboxylic acids is 1. The molecule has 1 heterocycles. The second kappa shape index (κ2) is 4.41. The summed E-state index contributed by atoms with van der Waals surface area (Å²) in [6, 6.07) is 0. The molecule has 5 atom stereocenters. The van der Waals surface area contributed by atoms with Gasteiger partial charge in [0.1, 0.15) is 0 Å². The first-order chi connectivity index (χ1) is 9.41. The minimum Gasteiger partial charge on any atom is -0.460 e. The van der Waals surface area contributed by atoms with Gasteiger partial charge in [0.05, 0.1) is 25.1 Å². The first-order valence-corrected chi connectivity index (χ1v) is 7.02. The molecule has 0 spiro atoms. The molecule has 0 aliphatic heterocycles. The zero-order valence-corrected chi connectivity index (χ0v) is 11.7. The number of aliphatic hydroxyl groups excluding tert-OH is 3. The van der Waals surface area contributed by atoms with Crippen molar-refractivity contribution in [1.29, 1.82) is 0 Å². The predicted molar refractivity (Wildman–Crippen MR) is 69.9 cm³/mol. The van der Waals surface area contributed by atoms with Crippen LogP contribution in [0.2, 0.25) is 0 Å². The van der Waals surface area contributed by atoms with Crippen LogP contribution >= 0.6 is 0 Å². The lowest BCUT2D eigenvalue weighted by Crippen LogP contribution is -2.52. The van der Waals surface area contributed by atoms with Gasteiger partial charge in [-0.1, -0.05) is 13.8 Å². The number of Topliss-reactive ketones (excluding diaryl/α,β-unsaturated/α-hetero) is 1. The van der Waals surface area contributed by atoms with E-state index in [0.29, 0.717) is 24.0 Å². The lowest BCUT2D eigenvalue weighted by Gasteiger charge is -2.51. The van der Waals surface area contributed by atoms with Gasteiger partial charge in [-0.15, -0.1) is 0 Å². The van der Waals surface area contributed by atoms with Gasteiger partial charge in [0, 0.05) is 22.5 Å². The molecule has 110 valence electrons. The quantitative estimate of drug-likeness (QED) is 0.723. The van der Waals surface area contributed by atoms with E-state index in [1.54, 1.807) is 0 Å². The Labute approximate surface area is 117 Å². The molecule has 5 nitrogen and oxygen atoms in total. The van der Waals surface area contributed by atoms with Crippen LogP contribution in [0.5, 0.6) is 0 Å². The standard InChI is InChI=1S/C15H20O5/c1-7-3-9(17)4-10-12(18)13-11(8(5-16)6-20-13)14(19)15(7,10)2/h6-7,9-10,14,16-17,19H,3-5H2,1-2H3/t7-,9+,10-,14+,15+/m0/s1. The summed E-state index contributed by atoms with van der Waals surface area (Å²) >= 11 is 0. The number of fused-ring (bicyclic) bond motifs is 2. The summed E-state index contributed by atoms with van der Waals surface area (Å²) in [4.78, 5) is 12.6. The Balaban J connectivity index is 2.16. The largest absolute Gasteiger partial charge is 0.460 e. The van der Waals surface area contributed by atoms with Crippen LogP contribution in [0, 0.1) is 17.3 Å². The Bertz CT molecular complexity index is 548. The molecule has 20 heavy (non-hydrogen) atoms. The molecule has 0 radical (unpaired) electrons. The maximum absolute atomic E-state index is 12.6. The average Bonchev–Trinajstić information content (AvgIpc) is 2.83. The Morgan fingerprint density at radius 2 is 2.10 bits per heavy atom. The second-order valence-corrected chi connectivity index (χ2v) is 6.37. The van der Waals surface area contributed by atoms with Gasteiger partial charge >= 0.3 is 0 Å².